The van der Waals surface area contributed by atoms with Gasteiger partial charge in [-0.25, -0.2) is 0 Å². The van der Waals surface area contributed by atoms with E-state index in [9.17, 15) is 9.59 Å². The van der Waals surface area contributed by atoms with Crippen molar-refractivity contribution in [3.05, 3.63) is 76.8 Å². The van der Waals surface area contributed by atoms with Crippen LogP contribution in [0.2, 0.25) is 5.02 Å². The molecular weight excluding hydrogens is 468 g/mol. The lowest BCUT2D eigenvalue weighted by Crippen LogP contribution is -2.47. The number of nitrogens with one attached hydrogen (secondary N) is 1. The standard InChI is InChI=1S/C27H25ClN2O5/c1-16-3-7-18(8-4-16)30-25(31)12-11-20(26(30)17-5-9-19(33-2)10-6-17)27(32)29-22-14-24-23(13-21(22)28)34-15-35-24/h3-10,13-14,20,26H,11-12,15H2,1-2H3,(H,29,32). The molecule has 5 rings (SSSR count). The van der Waals surface area contributed by atoms with Gasteiger partial charge in [-0.3, -0.25) is 9.59 Å². The molecule has 1 saturated heterocycles. The fourth-order valence-corrected chi connectivity index (χ4v) is 4.80. The van der Waals surface area contributed by atoms with Crippen molar-refractivity contribution in [3.63, 3.8) is 0 Å². The summed E-state index contributed by atoms with van der Waals surface area (Å²) in [6, 6.07) is 18.0. The Morgan fingerprint density at radius 1 is 1.06 bits per heavy atom. The van der Waals surface area contributed by atoms with E-state index in [2.05, 4.69) is 5.32 Å². The van der Waals surface area contributed by atoms with Crippen LogP contribution in [0, 0.1) is 12.8 Å². The van der Waals surface area contributed by atoms with Gasteiger partial charge < -0.3 is 24.4 Å². The summed E-state index contributed by atoms with van der Waals surface area (Å²) in [7, 11) is 1.60. The van der Waals surface area contributed by atoms with Gasteiger partial charge in [0.15, 0.2) is 11.5 Å². The van der Waals surface area contributed by atoms with Gasteiger partial charge in [-0.05, 0) is 43.2 Å². The summed E-state index contributed by atoms with van der Waals surface area (Å²) in [6.07, 6.45) is 0.666. The van der Waals surface area contributed by atoms with Crippen molar-refractivity contribution in [2.24, 2.45) is 5.92 Å². The van der Waals surface area contributed by atoms with E-state index >= 15 is 0 Å². The highest BCUT2D eigenvalue weighted by Crippen LogP contribution is 2.43. The van der Waals surface area contributed by atoms with Gasteiger partial charge in [0.2, 0.25) is 18.6 Å². The molecule has 180 valence electrons. The molecule has 0 spiro atoms. The van der Waals surface area contributed by atoms with Crippen LogP contribution >= 0.6 is 11.6 Å². The second-order valence-corrected chi connectivity index (χ2v) is 9.04. The predicted molar refractivity (Wildman–Crippen MR) is 133 cm³/mol. The largest absolute Gasteiger partial charge is 0.497 e. The molecule has 0 saturated carbocycles. The normalized spacial score (nSPS) is 18.9. The van der Waals surface area contributed by atoms with Crippen LogP contribution in [-0.2, 0) is 9.59 Å². The number of nitrogens with zero attached hydrogens (tertiary/aromatic N) is 1. The summed E-state index contributed by atoms with van der Waals surface area (Å²) in [6.45, 7) is 2.10. The number of amides is 2. The molecule has 0 aliphatic carbocycles. The Balaban J connectivity index is 1.52. The van der Waals surface area contributed by atoms with E-state index in [0.717, 1.165) is 16.8 Å². The molecule has 2 aliphatic rings. The molecule has 3 aromatic carbocycles. The molecule has 2 amide bonds. The number of hydrogen-bond acceptors (Lipinski definition) is 5. The third kappa shape index (κ3) is 4.51. The average Bonchev–Trinajstić information content (AvgIpc) is 3.31. The summed E-state index contributed by atoms with van der Waals surface area (Å²) in [5.41, 5.74) is 3.12. The molecule has 7 nitrogen and oxygen atoms in total. The Hall–Kier alpha value is -3.71. The first-order chi connectivity index (χ1) is 16.9. The van der Waals surface area contributed by atoms with E-state index in [1.165, 1.54) is 0 Å². The lowest BCUT2D eigenvalue weighted by Gasteiger charge is -2.41. The van der Waals surface area contributed by atoms with Crippen LogP contribution in [0.3, 0.4) is 0 Å². The van der Waals surface area contributed by atoms with Gasteiger partial charge in [-0.2, -0.15) is 0 Å². The summed E-state index contributed by atoms with van der Waals surface area (Å²) >= 11 is 6.41. The first-order valence-electron chi connectivity index (χ1n) is 11.4. The second-order valence-electron chi connectivity index (χ2n) is 8.64. The summed E-state index contributed by atoms with van der Waals surface area (Å²) < 4.78 is 16.1. The molecule has 2 atom stereocenters. The number of carbonyl (C=O) groups is 2. The first kappa shape index (κ1) is 23.1. The van der Waals surface area contributed by atoms with E-state index in [0.29, 0.717) is 34.4 Å². The quantitative estimate of drug-likeness (QED) is 0.508. The molecule has 0 aromatic heterocycles. The van der Waals surface area contributed by atoms with Crippen molar-refractivity contribution in [1.29, 1.82) is 0 Å². The van der Waals surface area contributed by atoms with E-state index in [1.54, 1.807) is 24.1 Å². The van der Waals surface area contributed by atoms with Gasteiger partial charge >= 0.3 is 0 Å². The highest BCUT2D eigenvalue weighted by molar-refractivity contribution is 6.34. The molecule has 2 heterocycles. The van der Waals surface area contributed by atoms with Gasteiger partial charge in [0.25, 0.3) is 0 Å². The number of halogens is 1. The van der Waals surface area contributed by atoms with Gasteiger partial charge in [0, 0.05) is 24.2 Å². The minimum Gasteiger partial charge on any atom is -0.497 e. The van der Waals surface area contributed by atoms with Crippen LogP contribution in [0.1, 0.15) is 30.0 Å². The maximum Gasteiger partial charge on any atom is 0.231 e. The molecule has 2 unspecified atom stereocenters. The number of fused-ring (bicyclic) bond motifs is 1. The van der Waals surface area contributed by atoms with E-state index in [1.807, 2.05) is 55.5 Å². The maximum absolute atomic E-state index is 13.7. The number of benzene rings is 3. The number of methoxy groups -OCH3 is 1. The predicted octanol–water partition coefficient (Wildman–Crippen LogP) is 5.51. The molecule has 8 heteroatoms. The Kier molecular flexibility index (Phi) is 6.26. The van der Waals surface area contributed by atoms with Crippen molar-refractivity contribution in [2.45, 2.75) is 25.8 Å². The van der Waals surface area contributed by atoms with E-state index in [4.69, 9.17) is 25.8 Å². The molecule has 3 aromatic rings. The Morgan fingerprint density at radius 3 is 2.43 bits per heavy atom. The number of aryl methyl sites for hydroxylation is 1. The molecule has 0 radical (unpaired) electrons. The maximum atomic E-state index is 13.7. The molecule has 2 aliphatic heterocycles. The molecular formula is C27H25ClN2O5. The minimum atomic E-state index is -0.510. The fraction of sp³-hybridized carbons (Fsp3) is 0.259. The highest BCUT2D eigenvalue weighted by Gasteiger charge is 2.41. The third-order valence-corrected chi connectivity index (χ3v) is 6.74. The number of rotatable bonds is 5. The van der Waals surface area contributed by atoms with Crippen molar-refractivity contribution in [3.8, 4) is 17.2 Å². The van der Waals surface area contributed by atoms with E-state index < -0.39 is 12.0 Å². The van der Waals surface area contributed by atoms with Crippen LogP contribution in [-0.4, -0.2) is 25.7 Å². The lowest BCUT2D eigenvalue weighted by molar-refractivity contribution is -0.125. The Morgan fingerprint density at radius 2 is 1.74 bits per heavy atom. The number of carbonyl (C=O) groups excluding carboxylic acids is 2. The van der Waals surface area contributed by atoms with E-state index in [-0.39, 0.29) is 25.0 Å². The van der Waals surface area contributed by atoms with Crippen molar-refractivity contribution in [1.82, 2.24) is 0 Å². The van der Waals surface area contributed by atoms with Crippen molar-refractivity contribution >= 4 is 34.8 Å². The minimum absolute atomic E-state index is 0.0279. The Labute approximate surface area is 208 Å². The zero-order valence-electron chi connectivity index (χ0n) is 19.4. The van der Waals surface area contributed by atoms with Crippen molar-refractivity contribution < 1.29 is 23.8 Å². The van der Waals surface area contributed by atoms with Crippen LogP contribution in [0.4, 0.5) is 11.4 Å². The smallest absolute Gasteiger partial charge is 0.231 e. The SMILES string of the molecule is COc1ccc(C2C(C(=O)Nc3cc4c(cc3Cl)OCO4)CCC(=O)N2c2ccc(C)cc2)cc1. The second kappa shape index (κ2) is 9.50. The zero-order valence-corrected chi connectivity index (χ0v) is 20.2. The molecule has 35 heavy (non-hydrogen) atoms. The van der Waals surface area contributed by atoms with Crippen LogP contribution in [0.25, 0.3) is 0 Å². The first-order valence-corrected chi connectivity index (χ1v) is 11.7. The highest BCUT2D eigenvalue weighted by atomic mass is 35.5. The van der Waals surface area contributed by atoms with Crippen LogP contribution in [0.5, 0.6) is 17.2 Å². The molecule has 1 fully saturated rings. The van der Waals surface area contributed by atoms with Gasteiger partial charge in [0.05, 0.1) is 29.8 Å². The fourth-order valence-electron chi connectivity index (χ4n) is 4.60. The number of piperidine rings is 1. The monoisotopic (exact) mass is 492 g/mol. The molecule has 1 N–H and O–H groups in total. The lowest BCUT2D eigenvalue weighted by atomic mass is 9.83. The number of hydrogen-bond donors (Lipinski definition) is 1. The van der Waals surface area contributed by atoms with Crippen LogP contribution in [0.15, 0.2) is 60.7 Å². The molecule has 0 bridgehead atoms. The average molecular weight is 493 g/mol. The van der Waals surface area contributed by atoms with Crippen LogP contribution < -0.4 is 24.4 Å². The van der Waals surface area contributed by atoms with Gasteiger partial charge in [-0.1, -0.05) is 41.4 Å². The Bertz CT molecular complexity index is 1260. The third-order valence-electron chi connectivity index (χ3n) is 6.42. The summed E-state index contributed by atoms with van der Waals surface area (Å²) in [5.74, 6) is 1.00. The zero-order chi connectivity index (χ0) is 24.5. The van der Waals surface area contributed by atoms with Gasteiger partial charge in [0.1, 0.15) is 5.75 Å². The summed E-state index contributed by atoms with van der Waals surface area (Å²) in [5, 5.41) is 3.31. The van der Waals surface area contributed by atoms with Crippen molar-refractivity contribution in [2.75, 3.05) is 24.1 Å². The number of anilines is 2. The number of ether oxygens (including phenoxy) is 3. The van der Waals surface area contributed by atoms with Gasteiger partial charge in [-0.15, -0.1) is 0 Å². The summed E-state index contributed by atoms with van der Waals surface area (Å²) in [4.78, 5) is 28.6. The topological polar surface area (TPSA) is 77.1 Å².